The van der Waals surface area contributed by atoms with Gasteiger partial charge in [-0.1, -0.05) is 54.1 Å². The zero-order valence-electron chi connectivity index (χ0n) is 16.6. The minimum Gasteiger partial charge on any atom is -0.326 e. The van der Waals surface area contributed by atoms with Crippen LogP contribution in [0, 0.1) is 12.8 Å². The van der Waals surface area contributed by atoms with E-state index in [0.717, 1.165) is 18.4 Å². The number of rotatable bonds is 6. The lowest BCUT2D eigenvalue weighted by Gasteiger charge is -2.11. The van der Waals surface area contributed by atoms with Crippen molar-refractivity contribution < 1.29 is 14.4 Å². The van der Waals surface area contributed by atoms with Crippen LogP contribution < -0.4 is 10.6 Å². The molecule has 2 amide bonds. The van der Waals surface area contributed by atoms with Gasteiger partial charge in [0.2, 0.25) is 5.91 Å². The minimum atomic E-state index is -0.378. The van der Waals surface area contributed by atoms with E-state index in [0.29, 0.717) is 28.1 Å². The Kier molecular flexibility index (Phi) is 5.44. The van der Waals surface area contributed by atoms with E-state index in [9.17, 15) is 14.4 Å². The number of carbonyl (C=O) groups is 3. The fourth-order valence-corrected chi connectivity index (χ4v) is 3.20. The lowest BCUT2D eigenvalue weighted by atomic mass is 9.97. The summed E-state index contributed by atoms with van der Waals surface area (Å²) in [5.74, 6) is -0.474. The number of carbonyl (C=O) groups excluding carboxylic acids is 3. The van der Waals surface area contributed by atoms with Crippen LogP contribution in [0.4, 0.5) is 11.4 Å². The summed E-state index contributed by atoms with van der Waals surface area (Å²) in [7, 11) is 0. The highest BCUT2D eigenvalue weighted by molar-refractivity contribution is 6.17. The summed E-state index contributed by atoms with van der Waals surface area (Å²) in [6.07, 6.45) is 1.85. The lowest BCUT2D eigenvalue weighted by Crippen LogP contribution is -2.17. The van der Waals surface area contributed by atoms with Gasteiger partial charge in [-0.05, 0) is 44.0 Å². The van der Waals surface area contributed by atoms with Crippen LogP contribution in [0.1, 0.15) is 44.7 Å². The fourth-order valence-electron chi connectivity index (χ4n) is 3.20. The first-order valence-corrected chi connectivity index (χ1v) is 9.94. The number of hydrogen-bond acceptors (Lipinski definition) is 3. The zero-order chi connectivity index (χ0) is 21.1. The molecule has 0 bridgehead atoms. The maximum atomic E-state index is 13.0. The van der Waals surface area contributed by atoms with Crippen molar-refractivity contribution in [3.05, 3.63) is 95.1 Å². The van der Waals surface area contributed by atoms with Gasteiger partial charge in [-0.2, -0.15) is 0 Å². The zero-order valence-corrected chi connectivity index (χ0v) is 16.6. The van der Waals surface area contributed by atoms with Crippen molar-refractivity contribution in [1.82, 2.24) is 0 Å². The molecule has 4 rings (SSSR count). The Morgan fingerprint density at radius 3 is 2.07 bits per heavy atom. The lowest BCUT2D eigenvalue weighted by molar-refractivity contribution is -0.117. The first-order chi connectivity index (χ1) is 14.5. The van der Waals surface area contributed by atoms with Crippen LogP contribution in [0.25, 0.3) is 0 Å². The highest BCUT2D eigenvalue weighted by atomic mass is 16.2. The van der Waals surface area contributed by atoms with Gasteiger partial charge in [-0.25, -0.2) is 0 Å². The molecule has 1 saturated carbocycles. The Bertz CT molecular complexity index is 1120. The molecule has 1 aliphatic carbocycles. The van der Waals surface area contributed by atoms with Gasteiger partial charge in [0.15, 0.2) is 5.78 Å². The fraction of sp³-hybridized carbons (Fsp3) is 0.160. The van der Waals surface area contributed by atoms with E-state index in [4.69, 9.17) is 0 Å². The van der Waals surface area contributed by atoms with Crippen LogP contribution in [0.3, 0.4) is 0 Å². The molecule has 30 heavy (non-hydrogen) atoms. The molecule has 0 heterocycles. The standard InChI is InChI=1S/C25H22N2O3/c1-16-9-11-17(12-10-16)23(28)21-7-2-3-8-22(21)25(30)27-20-6-4-5-19(15-20)26-24(29)18-13-14-18/h2-12,15,18H,13-14H2,1H3,(H,26,29)(H,27,30). The molecule has 1 fully saturated rings. The van der Waals surface area contributed by atoms with Gasteiger partial charge in [0.05, 0.1) is 5.56 Å². The summed E-state index contributed by atoms with van der Waals surface area (Å²) in [5.41, 5.74) is 3.42. The second-order valence-corrected chi connectivity index (χ2v) is 7.54. The highest BCUT2D eigenvalue weighted by Crippen LogP contribution is 2.30. The Morgan fingerprint density at radius 2 is 1.40 bits per heavy atom. The third kappa shape index (κ3) is 4.46. The minimum absolute atomic E-state index is 0.00696. The second-order valence-electron chi connectivity index (χ2n) is 7.54. The van der Waals surface area contributed by atoms with E-state index >= 15 is 0 Å². The van der Waals surface area contributed by atoms with E-state index in [-0.39, 0.29) is 23.5 Å². The van der Waals surface area contributed by atoms with Gasteiger partial charge >= 0.3 is 0 Å². The van der Waals surface area contributed by atoms with Crippen molar-refractivity contribution in [3.63, 3.8) is 0 Å². The quantitative estimate of drug-likeness (QED) is 0.584. The van der Waals surface area contributed by atoms with Crippen molar-refractivity contribution in [2.75, 3.05) is 10.6 Å². The Labute approximate surface area is 175 Å². The van der Waals surface area contributed by atoms with E-state index < -0.39 is 0 Å². The Morgan fingerprint density at radius 1 is 0.767 bits per heavy atom. The largest absolute Gasteiger partial charge is 0.326 e. The van der Waals surface area contributed by atoms with E-state index in [2.05, 4.69) is 10.6 Å². The van der Waals surface area contributed by atoms with Crippen LogP contribution in [0.2, 0.25) is 0 Å². The number of aryl methyl sites for hydroxylation is 1. The van der Waals surface area contributed by atoms with Gasteiger partial charge in [0.1, 0.15) is 0 Å². The van der Waals surface area contributed by atoms with E-state index in [1.54, 1.807) is 60.7 Å². The average Bonchev–Trinajstić information content (AvgIpc) is 3.60. The molecule has 0 aromatic heterocycles. The number of benzene rings is 3. The molecule has 150 valence electrons. The predicted molar refractivity (Wildman–Crippen MR) is 117 cm³/mol. The molecule has 0 radical (unpaired) electrons. The molecule has 0 unspecified atom stereocenters. The maximum Gasteiger partial charge on any atom is 0.256 e. The van der Waals surface area contributed by atoms with Gasteiger partial charge in [-0.3, -0.25) is 14.4 Å². The third-order valence-electron chi connectivity index (χ3n) is 5.07. The van der Waals surface area contributed by atoms with Crippen LogP contribution in [0.5, 0.6) is 0 Å². The van der Waals surface area contributed by atoms with E-state index in [1.807, 2.05) is 19.1 Å². The monoisotopic (exact) mass is 398 g/mol. The maximum absolute atomic E-state index is 13.0. The molecule has 2 N–H and O–H groups in total. The Balaban J connectivity index is 1.53. The molecule has 0 atom stereocenters. The highest BCUT2D eigenvalue weighted by Gasteiger charge is 2.29. The molecule has 5 heteroatoms. The van der Waals surface area contributed by atoms with Crippen molar-refractivity contribution in [2.24, 2.45) is 5.92 Å². The Hall–Kier alpha value is -3.73. The molecule has 0 aliphatic heterocycles. The summed E-state index contributed by atoms with van der Waals surface area (Å²) in [6, 6.07) is 21.0. The summed E-state index contributed by atoms with van der Waals surface area (Å²) in [5, 5.41) is 5.70. The average molecular weight is 398 g/mol. The van der Waals surface area contributed by atoms with Crippen LogP contribution in [0.15, 0.2) is 72.8 Å². The number of ketones is 1. The SMILES string of the molecule is Cc1ccc(C(=O)c2ccccc2C(=O)Nc2cccc(NC(=O)C3CC3)c2)cc1. The number of amides is 2. The summed E-state index contributed by atoms with van der Waals surface area (Å²) >= 11 is 0. The van der Waals surface area contributed by atoms with Crippen molar-refractivity contribution >= 4 is 29.0 Å². The predicted octanol–water partition coefficient (Wildman–Crippen LogP) is 4.83. The van der Waals surface area contributed by atoms with Crippen LogP contribution in [-0.2, 0) is 4.79 Å². The normalized spacial score (nSPS) is 12.8. The smallest absolute Gasteiger partial charge is 0.256 e. The van der Waals surface area contributed by atoms with Gasteiger partial charge < -0.3 is 10.6 Å². The molecule has 5 nitrogen and oxygen atoms in total. The van der Waals surface area contributed by atoms with Crippen LogP contribution in [-0.4, -0.2) is 17.6 Å². The molecule has 3 aromatic rings. The van der Waals surface area contributed by atoms with Crippen LogP contribution >= 0.6 is 0 Å². The summed E-state index contributed by atoms with van der Waals surface area (Å²) in [6.45, 7) is 1.96. The van der Waals surface area contributed by atoms with Crippen molar-refractivity contribution in [2.45, 2.75) is 19.8 Å². The number of nitrogens with one attached hydrogen (secondary N) is 2. The first-order valence-electron chi connectivity index (χ1n) is 9.94. The summed E-state index contributed by atoms with van der Waals surface area (Å²) in [4.78, 5) is 37.8. The molecule has 0 spiro atoms. The van der Waals surface area contributed by atoms with Gasteiger partial charge in [-0.15, -0.1) is 0 Å². The van der Waals surface area contributed by atoms with Gasteiger partial charge in [0.25, 0.3) is 5.91 Å². The van der Waals surface area contributed by atoms with Crippen molar-refractivity contribution in [1.29, 1.82) is 0 Å². The topological polar surface area (TPSA) is 75.3 Å². The molecular weight excluding hydrogens is 376 g/mol. The molecule has 0 saturated heterocycles. The number of anilines is 2. The molecule has 1 aliphatic rings. The van der Waals surface area contributed by atoms with E-state index in [1.165, 1.54) is 0 Å². The van der Waals surface area contributed by atoms with Crippen molar-refractivity contribution in [3.8, 4) is 0 Å². The molecule has 3 aromatic carbocycles. The third-order valence-corrected chi connectivity index (χ3v) is 5.07. The number of hydrogen-bond donors (Lipinski definition) is 2. The second kappa shape index (κ2) is 8.33. The molecular formula is C25H22N2O3. The summed E-state index contributed by atoms with van der Waals surface area (Å²) < 4.78 is 0. The first kappa shape index (κ1) is 19.6. The van der Waals surface area contributed by atoms with Gasteiger partial charge in [0, 0.05) is 28.4 Å².